The van der Waals surface area contributed by atoms with E-state index in [9.17, 15) is 13.2 Å². The SMILES string of the molecule is Fc1cc(F)c2ncccc2c1F. The molecule has 66 valence electrons. The van der Waals surface area contributed by atoms with E-state index in [1.165, 1.54) is 18.3 Å². The normalized spacial score (nSPS) is 10.7. The predicted molar refractivity (Wildman–Crippen MR) is 41.6 cm³/mol. The zero-order valence-corrected chi connectivity index (χ0v) is 6.39. The van der Waals surface area contributed by atoms with E-state index in [2.05, 4.69) is 4.98 Å². The Labute approximate surface area is 71.8 Å². The highest BCUT2D eigenvalue weighted by Gasteiger charge is 2.11. The standard InChI is InChI=1S/C9H4F3N/c10-6-4-7(11)9-5(8(6)12)2-1-3-13-9/h1-4H. The zero-order valence-electron chi connectivity index (χ0n) is 6.39. The van der Waals surface area contributed by atoms with Gasteiger partial charge in [0.1, 0.15) is 5.52 Å². The lowest BCUT2D eigenvalue weighted by Gasteiger charge is -2.00. The highest BCUT2D eigenvalue weighted by atomic mass is 19.2. The molecular weight excluding hydrogens is 179 g/mol. The maximum absolute atomic E-state index is 13.0. The smallest absolute Gasteiger partial charge is 0.168 e. The molecule has 1 heterocycles. The molecule has 1 aromatic carbocycles. The molecule has 0 radical (unpaired) electrons. The van der Waals surface area contributed by atoms with E-state index >= 15 is 0 Å². The second kappa shape index (κ2) is 2.73. The molecule has 0 saturated heterocycles. The van der Waals surface area contributed by atoms with Crippen molar-refractivity contribution in [2.24, 2.45) is 0 Å². The third kappa shape index (κ3) is 1.14. The van der Waals surface area contributed by atoms with Gasteiger partial charge in [-0.05, 0) is 12.1 Å². The first-order chi connectivity index (χ1) is 6.20. The van der Waals surface area contributed by atoms with Crippen LogP contribution in [0, 0.1) is 17.5 Å². The first-order valence-electron chi connectivity index (χ1n) is 3.58. The van der Waals surface area contributed by atoms with Crippen molar-refractivity contribution in [1.29, 1.82) is 0 Å². The first kappa shape index (κ1) is 8.04. The quantitative estimate of drug-likeness (QED) is 0.572. The molecule has 0 spiro atoms. The van der Waals surface area contributed by atoms with E-state index in [0.29, 0.717) is 6.07 Å². The number of hydrogen-bond acceptors (Lipinski definition) is 1. The summed E-state index contributed by atoms with van der Waals surface area (Å²) >= 11 is 0. The van der Waals surface area contributed by atoms with Gasteiger partial charge in [0.2, 0.25) is 0 Å². The third-order valence-electron chi connectivity index (χ3n) is 1.73. The topological polar surface area (TPSA) is 12.9 Å². The summed E-state index contributed by atoms with van der Waals surface area (Å²) < 4.78 is 38.6. The second-order valence-corrected chi connectivity index (χ2v) is 2.55. The monoisotopic (exact) mass is 183 g/mol. The lowest BCUT2D eigenvalue weighted by atomic mass is 10.2. The highest BCUT2D eigenvalue weighted by Crippen LogP contribution is 2.20. The molecule has 13 heavy (non-hydrogen) atoms. The fourth-order valence-electron chi connectivity index (χ4n) is 1.14. The van der Waals surface area contributed by atoms with Crippen LogP contribution in [0.5, 0.6) is 0 Å². The zero-order chi connectivity index (χ0) is 9.42. The van der Waals surface area contributed by atoms with E-state index < -0.39 is 17.5 Å². The Bertz CT molecular complexity index is 468. The summed E-state index contributed by atoms with van der Waals surface area (Å²) in [6, 6.07) is 3.19. The Balaban J connectivity index is 2.97. The summed E-state index contributed by atoms with van der Waals surface area (Å²) in [7, 11) is 0. The van der Waals surface area contributed by atoms with Crippen molar-refractivity contribution in [3.63, 3.8) is 0 Å². The number of aromatic nitrogens is 1. The molecule has 4 heteroatoms. The van der Waals surface area contributed by atoms with E-state index in [1.807, 2.05) is 0 Å². The number of fused-ring (bicyclic) bond motifs is 1. The summed E-state index contributed by atoms with van der Waals surface area (Å²) in [5.41, 5.74) is -0.151. The number of rotatable bonds is 0. The lowest BCUT2D eigenvalue weighted by molar-refractivity contribution is 0.505. The van der Waals surface area contributed by atoms with Crippen LogP contribution in [0.4, 0.5) is 13.2 Å². The molecule has 0 aliphatic rings. The Morgan fingerprint density at radius 1 is 1.08 bits per heavy atom. The minimum atomic E-state index is -1.20. The van der Waals surface area contributed by atoms with Crippen LogP contribution in [0.15, 0.2) is 24.4 Å². The summed E-state index contributed by atoms with van der Waals surface area (Å²) in [4.78, 5) is 3.60. The molecule has 0 bridgehead atoms. The van der Waals surface area contributed by atoms with Crippen molar-refractivity contribution in [3.8, 4) is 0 Å². The average molecular weight is 183 g/mol. The average Bonchev–Trinajstić information content (AvgIpc) is 2.15. The lowest BCUT2D eigenvalue weighted by Crippen LogP contribution is -1.91. The number of halogens is 3. The maximum Gasteiger partial charge on any atom is 0.168 e. The van der Waals surface area contributed by atoms with Gasteiger partial charge in [-0.3, -0.25) is 4.98 Å². The van der Waals surface area contributed by atoms with Gasteiger partial charge in [-0.25, -0.2) is 13.2 Å². The summed E-state index contributed by atoms with van der Waals surface area (Å²) in [5, 5.41) is -0.139. The molecule has 1 aromatic heterocycles. The molecule has 1 nitrogen and oxygen atoms in total. The minimum absolute atomic E-state index is 0.139. The van der Waals surface area contributed by atoms with Gasteiger partial charge in [-0.15, -0.1) is 0 Å². The summed E-state index contributed by atoms with van der Waals surface area (Å²) in [6.45, 7) is 0. The molecular formula is C9H4F3N. The van der Waals surface area contributed by atoms with Gasteiger partial charge in [0, 0.05) is 17.6 Å². The van der Waals surface area contributed by atoms with Gasteiger partial charge in [0.25, 0.3) is 0 Å². The van der Waals surface area contributed by atoms with Gasteiger partial charge >= 0.3 is 0 Å². The third-order valence-corrected chi connectivity index (χ3v) is 1.73. The van der Waals surface area contributed by atoms with Crippen LogP contribution in [0.2, 0.25) is 0 Å². The van der Waals surface area contributed by atoms with Crippen LogP contribution in [-0.2, 0) is 0 Å². The maximum atomic E-state index is 13.0. The number of benzene rings is 1. The second-order valence-electron chi connectivity index (χ2n) is 2.55. The summed E-state index contributed by atoms with van der Waals surface area (Å²) in [6.07, 6.45) is 1.32. The molecule has 0 fully saturated rings. The Hall–Kier alpha value is -1.58. The number of hydrogen-bond donors (Lipinski definition) is 0. The van der Waals surface area contributed by atoms with Crippen molar-refractivity contribution < 1.29 is 13.2 Å². The predicted octanol–water partition coefficient (Wildman–Crippen LogP) is 2.65. The molecule has 0 unspecified atom stereocenters. The van der Waals surface area contributed by atoms with Crippen LogP contribution < -0.4 is 0 Å². The minimum Gasteiger partial charge on any atom is -0.253 e. The Morgan fingerprint density at radius 2 is 1.85 bits per heavy atom. The van der Waals surface area contributed by atoms with Crippen LogP contribution in [0.1, 0.15) is 0 Å². The van der Waals surface area contributed by atoms with Crippen molar-refractivity contribution >= 4 is 10.9 Å². The van der Waals surface area contributed by atoms with E-state index in [1.54, 1.807) is 0 Å². The highest BCUT2D eigenvalue weighted by molar-refractivity contribution is 5.79. The molecule has 2 rings (SSSR count). The fourth-order valence-corrected chi connectivity index (χ4v) is 1.14. The molecule has 0 amide bonds. The first-order valence-corrected chi connectivity index (χ1v) is 3.58. The van der Waals surface area contributed by atoms with Crippen molar-refractivity contribution in [2.45, 2.75) is 0 Å². The molecule has 0 atom stereocenters. The number of pyridine rings is 1. The largest absolute Gasteiger partial charge is 0.253 e. The Morgan fingerprint density at radius 3 is 2.62 bits per heavy atom. The number of nitrogens with zero attached hydrogens (tertiary/aromatic N) is 1. The van der Waals surface area contributed by atoms with Gasteiger partial charge in [-0.2, -0.15) is 0 Å². The van der Waals surface area contributed by atoms with Gasteiger partial charge in [-0.1, -0.05) is 0 Å². The van der Waals surface area contributed by atoms with Crippen LogP contribution in [0.25, 0.3) is 10.9 Å². The fraction of sp³-hybridized carbons (Fsp3) is 0. The molecule has 0 aliphatic carbocycles. The van der Waals surface area contributed by atoms with Crippen LogP contribution in [0.3, 0.4) is 0 Å². The van der Waals surface area contributed by atoms with Gasteiger partial charge < -0.3 is 0 Å². The van der Waals surface area contributed by atoms with Crippen molar-refractivity contribution in [1.82, 2.24) is 4.98 Å². The van der Waals surface area contributed by atoms with E-state index in [4.69, 9.17) is 0 Å². The van der Waals surface area contributed by atoms with Crippen LogP contribution >= 0.6 is 0 Å². The summed E-state index contributed by atoms with van der Waals surface area (Å²) in [5.74, 6) is -3.11. The van der Waals surface area contributed by atoms with Crippen molar-refractivity contribution in [3.05, 3.63) is 41.8 Å². The van der Waals surface area contributed by atoms with E-state index in [-0.39, 0.29) is 10.9 Å². The van der Waals surface area contributed by atoms with E-state index in [0.717, 1.165) is 0 Å². The molecule has 0 saturated carbocycles. The molecule has 0 aliphatic heterocycles. The van der Waals surface area contributed by atoms with Crippen LogP contribution in [-0.4, -0.2) is 4.98 Å². The van der Waals surface area contributed by atoms with Crippen molar-refractivity contribution in [2.75, 3.05) is 0 Å². The Kier molecular flexibility index (Phi) is 1.69. The van der Waals surface area contributed by atoms with Gasteiger partial charge in [0.05, 0.1) is 0 Å². The molecule has 0 N–H and O–H groups in total. The van der Waals surface area contributed by atoms with Gasteiger partial charge in [0.15, 0.2) is 17.5 Å². The molecule has 2 aromatic rings.